The highest BCUT2D eigenvalue weighted by atomic mass is 19.1. The number of nitrogens with one attached hydrogen (secondary N) is 1. The molecule has 0 aliphatic heterocycles. The Labute approximate surface area is 109 Å². The maximum Gasteiger partial charge on any atom is 0.328 e. The normalized spacial score (nSPS) is 13.4. The Balaban J connectivity index is 2.83. The molecule has 1 unspecified atom stereocenters. The number of carboxylic acid groups (broad SMARTS) is 1. The summed E-state index contributed by atoms with van der Waals surface area (Å²) in [4.78, 5) is 14.0. The molecule has 1 rings (SSSR count). The van der Waals surface area contributed by atoms with Crippen molar-refractivity contribution in [2.24, 2.45) is 5.11 Å². The molecule has 0 heterocycles. The number of aliphatic carboxylic acids is 1. The van der Waals surface area contributed by atoms with Gasteiger partial charge in [-0.05, 0) is 31.5 Å². The predicted octanol–water partition coefficient (Wildman–Crippen LogP) is 2.42. The zero-order chi connectivity index (χ0) is 14.3. The van der Waals surface area contributed by atoms with Gasteiger partial charge in [-0.3, -0.25) is 5.32 Å². The van der Waals surface area contributed by atoms with Crippen molar-refractivity contribution in [2.75, 3.05) is 13.1 Å². The molecule has 0 radical (unpaired) electrons. The van der Waals surface area contributed by atoms with Gasteiger partial charge in [-0.25, -0.2) is 9.18 Å². The lowest BCUT2D eigenvalue weighted by Crippen LogP contribution is -2.47. The van der Waals surface area contributed by atoms with Crippen molar-refractivity contribution in [3.63, 3.8) is 0 Å². The molecule has 6 nitrogen and oxygen atoms in total. The van der Waals surface area contributed by atoms with Gasteiger partial charge in [0.2, 0.25) is 0 Å². The van der Waals surface area contributed by atoms with Crippen LogP contribution < -0.4 is 5.32 Å². The summed E-state index contributed by atoms with van der Waals surface area (Å²) in [6, 6.07) is 5.74. The van der Waals surface area contributed by atoms with Crippen LogP contribution in [-0.2, 0) is 10.3 Å². The Morgan fingerprint density at radius 1 is 1.58 bits per heavy atom. The Kier molecular flexibility index (Phi) is 5.29. The van der Waals surface area contributed by atoms with E-state index in [9.17, 15) is 14.3 Å². The number of hydrogen-bond donors (Lipinski definition) is 2. The fraction of sp³-hybridized carbons (Fsp3) is 0.417. The molecule has 0 aliphatic carbocycles. The topological polar surface area (TPSA) is 98.1 Å². The van der Waals surface area contributed by atoms with Crippen LogP contribution in [0.15, 0.2) is 29.4 Å². The van der Waals surface area contributed by atoms with Gasteiger partial charge < -0.3 is 5.11 Å². The number of nitrogens with zero attached hydrogens (tertiary/aromatic N) is 3. The Morgan fingerprint density at radius 3 is 2.84 bits per heavy atom. The SMILES string of the molecule is CC(NCCCN=[N+]=[N-])(C(=O)O)c1ccccc1F. The molecule has 0 spiro atoms. The van der Waals surface area contributed by atoms with Crippen LogP contribution in [0.25, 0.3) is 10.4 Å². The summed E-state index contributed by atoms with van der Waals surface area (Å²) in [6.07, 6.45) is 0.474. The van der Waals surface area contributed by atoms with E-state index >= 15 is 0 Å². The number of benzene rings is 1. The number of hydrogen-bond acceptors (Lipinski definition) is 3. The van der Waals surface area contributed by atoms with Crippen LogP contribution in [0.2, 0.25) is 0 Å². The first-order chi connectivity index (χ1) is 9.02. The molecular weight excluding hydrogens is 251 g/mol. The second-order valence-corrected chi connectivity index (χ2v) is 4.14. The van der Waals surface area contributed by atoms with E-state index in [1.165, 1.54) is 25.1 Å². The third kappa shape index (κ3) is 3.67. The minimum atomic E-state index is -1.51. The zero-order valence-electron chi connectivity index (χ0n) is 10.5. The molecule has 2 N–H and O–H groups in total. The molecule has 0 saturated heterocycles. The van der Waals surface area contributed by atoms with E-state index in [2.05, 4.69) is 15.3 Å². The van der Waals surface area contributed by atoms with E-state index in [4.69, 9.17) is 5.53 Å². The lowest BCUT2D eigenvalue weighted by atomic mass is 9.91. The van der Waals surface area contributed by atoms with Gasteiger partial charge in [0.25, 0.3) is 0 Å². The molecule has 1 aromatic carbocycles. The van der Waals surface area contributed by atoms with Crippen LogP contribution in [0.3, 0.4) is 0 Å². The van der Waals surface area contributed by atoms with Crippen molar-refractivity contribution in [3.05, 3.63) is 46.1 Å². The van der Waals surface area contributed by atoms with Crippen LogP contribution in [0, 0.1) is 5.82 Å². The average Bonchev–Trinajstić information content (AvgIpc) is 2.38. The minimum Gasteiger partial charge on any atom is -0.480 e. The van der Waals surface area contributed by atoms with E-state index < -0.39 is 17.3 Å². The number of carboxylic acids is 1. The molecule has 0 saturated carbocycles. The van der Waals surface area contributed by atoms with Crippen molar-refractivity contribution in [1.82, 2.24) is 5.32 Å². The fourth-order valence-electron chi connectivity index (χ4n) is 1.69. The number of azide groups is 1. The summed E-state index contributed by atoms with van der Waals surface area (Å²) in [5, 5.41) is 15.4. The molecular formula is C12H15FN4O2. The largest absolute Gasteiger partial charge is 0.480 e. The first kappa shape index (κ1) is 14.9. The average molecular weight is 266 g/mol. The summed E-state index contributed by atoms with van der Waals surface area (Å²) >= 11 is 0. The van der Waals surface area contributed by atoms with Crippen LogP contribution in [0.1, 0.15) is 18.9 Å². The third-order valence-electron chi connectivity index (χ3n) is 2.82. The Morgan fingerprint density at radius 2 is 2.26 bits per heavy atom. The van der Waals surface area contributed by atoms with Crippen molar-refractivity contribution in [2.45, 2.75) is 18.9 Å². The second-order valence-electron chi connectivity index (χ2n) is 4.14. The quantitative estimate of drug-likeness (QED) is 0.343. The van der Waals surface area contributed by atoms with Crippen molar-refractivity contribution < 1.29 is 14.3 Å². The maximum atomic E-state index is 13.7. The molecule has 19 heavy (non-hydrogen) atoms. The fourth-order valence-corrected chi connectivity index (χ4v) is 1.69. The lowest BCUT2D eigenvalue weighted by Gasteiger charge is -2.27. The summed E-state index contributed by atoms with van der Waals surface area (Å²) in [7, 11) is 0. The standard InChI is InChI=1S/C12H15FN4O2/c1-12(11(18)19,15-7-4-8-16-17-14)9-5-2-3-6-10(9)13/h2-3,5-6,15H,4,7-8H2,1H3,(H,18,19). The predicted molar refractivity (Wildman–Crippen MR) is 68.0 cm³/mol. The van der Waals surface area contributed by atoms with Crippen LogP contribution in [0.4, 0.5) is 4.39 Å². The third-order valence-corrected chi connectivity index (χ3v) is 2.82. The van der Waals surface area contributed by atoms with E-state index in [0.717, 1.165) is 0 Å². The number of halogens is 1. The molecule has 0 bridgehead atoms. The summed E-state index contributed by atoms with van der Waals surface area (Å²) in [5.41, 5.74) is 6.69. The molecule has 0 aliphatic rings. The van der Waals surface area contributed by atoms with Gasteiger partial charge in [0.1, 0.15) is 11.4 Å². The van der Waals surface area contributed by atoms with Gasteiger partial charge in [0, 0.05) is 17.0 Å². The number of carbonyl (C=O) groups is 1. The molecule has 102 valence electrons. The van der Waals surface area contributed by atoms with Gasteiger partial charge in [-0.15, -0.1) is 0 Å². The molecule has 0 aromatic heterocycles. The highest BCUT2D eigenvalue weighted by Gasteiger charge is 2.36. The molecule has 1 atom stereocenters. The van der Waals surface area contributed by atoms with Crippen LogP contribution >= 0.6 is 0 Å². The monoisotopic (exact) mass is 266 g/mol. The summed E-state index contributed by atoms with van der Waals surface area (Å²) < 4.78 is 13.7. The molecule has 0 fully saturated rings. The van der Waals surface area contributed by atoms with Gasteiger partial charge >= 0.3 is 5.97 Å². The second kappa shape index (κ2) is 6.72. The Bertz CT molecular complexity index is 502. The van der Waals surface area contributed by atoms with Crippen LogP contribution in [-0.4, -0.2) is 24.2 Å². The lowest BCUT2D eigenvalue weighted by molar-refractivity contribution is -0.144. The van der Waals surface area contributed by atoms with Crippen molar-refractivity contribution >= 4 is 5.97 Å². The smallest absolute Gasteiger partial charge is 0.328 e. The van der Waals surface area contributed by atoms with Gasteiger partial charge in [-0.1, -0.05) is 23.3 Å². The first-order valence-electron chi connectivity index (χ1n) is 5.76. The van der Waals surface area contributed by atoms with E-state index in [1.54, 1.807) is 6.07 Å². The first-order valence-corrected chi connectivity index (χ1v) is 5.76. The number of rotatable bonds is 7. The molecule has 0 amide bonds. The minimum absolute atomic E-state index is 0.0753. The zero-order valence-corrected chi connectivity index (χ0v) is 10.5. The van der Waals surface area contributed by atoms with E-state index in [1.807, 2.05) is 0 Å². The van der Waals surface area contributed by atoms with Gasteiger partial charge in [-0.2, -0.15) is 0 Å². The summed E-state index contributed by atoms with van der Waals surface area (Å²) in [6.45, 7) is 1.97. The molecule has 1 aromatic rings. The van der Waals surface area contributed by atoms with Crippen molar-refractivity contribution in [1.29, 1.82) is 0 Å². The highest BCUT2D eigenvalue weighted by Crippen LogP contribution is 2.23. The maximum absolute atomic E-state index is 13.7. The van der Waals surface area contributed by atoms with Crippen molar-refractivity contribution in [3.8, 4) is 0 Å². The Hall–Kier alpha value is -2.11. The van der Waals surface area contributed by atoms with Gasteiger partial charge in [0.15, 0.2) is 0 Å². The van der Waals surface area contributed by atoms with Crippen LogP contribution in [0.5, 0.6) is 0 Å². The summed E-state index contributed by atoms with van der Waals surface area (Å²) in [5.74, 6) is -1.74. The van der Waals surface area contributed by atoms with Gasteiger partial charge in [0.05, 0.1) is 0 Å². The highest BCUT2D eigenvalue weighted by molar-refractivity contribution is 5.80. The molecule has 7 heteroatoms. The van der Waals surface area contributed by atoms with E-state index in [0.29, 0.717) is 13.0 Å². The van der Waals surface area contributed by atoms with E-state index in [-0.39, 0.29) is 12.1 Å².